The number of amides is 4. The van der Waals surface area contributed by atoms with Crippen LogP contribution in [0.25, 0.3) is 0 Å². The third-order valence-electron chi connectivity index (χ3n) is 6.13. The number of nitrogens with zero attached hydrogens (tertiary/aromatic N) is 5. The van der Waals surface area contributed by atoms with Gasteiger partial charge in [0.25, 0.3) is 5.91 Å². The molecule has 4 rings (SSSR count). The number of nitrogen functional groups attached to an aromatic ring is 1. The van der Waals surface area contributed by atoms with Gasteiger partial charge in [-0.05, 0) is 54.3 Å². The topological polar surface area (TPSA) is 134 Å². The Kier molecular flexibility index (Phi) is 7.44. The summed E-state index contributed by atoms with van der Waals surface area (Å²) < 4.78 is 0. The number of hydrogen-bond acceptors (Lipinski definition) is 7. The lowest BCUT2D eigenvalue weighted by Gasteiger charge is -2.45. The molecule has 0 spiro atoms. The maximum atomic E-state index is 13.5. The van der Waals surface area contributed by atoms with E-state index in [0.29, 0.717) is 17.3 Å². The van der Waals surface area contributed by atoms with Crippen LogP contribution in [0, 0.1) is 5.92 Å². The van der Waals surface area contributed by atoms with Crippen LogP contribution in [0.1, 0.15) is 30.5 Å². The van der Waals surface area contributed by atoms with E-state index in [9.17, 15) is 14.4 Å². The molecule has 1 aliphatic rings. The van der Waals surface area contributed by atoms with Gasteiger partial charge in [0.2, 0.25) is 11.9 Å². The summed E-state index contributed by atoms with van der Waals surface area (Å²) >= 11 is 6.12. The lowest BCUT2D eigenvalue weighted by Crippen LogP contribution is -2.70. The van der Waals surface area contributed by atoms with E-state index in [0.717, 1.165) is 16.0 Å². The Morgan fingerprint density at radius 3 is 2.56 bits per heavy atom. The molecular weight excluding hydrogens is 482 g/mol. The molecule has 186 valence electrons. The third kappa shape index (κ3) is 5.13. The molecule has 10 nitrogen and oxygen atoms in total. The first-order chi connectivity index (χ1) is 17.3. The van der Waals surface area contributed by atoms with Crippen LogP contribution in [0.15, 0.2) is 61.1 Å². The average molecular weight is 508 g/mol. The molecule has 0 radical (unpaired) electrons. The fraction of sp³-hybridized carbons (Fsp3) is 0.280. The average Bonchev–Trinajstić information content (AvgIpc) is 2.88. The largest absolute Gasteiger partial charge is 0.384 e. The van der Waals surface area contributed by atoms with Crippen molar-refractivity contribution in [1.82, 2.24) is 25.2 Å². The number of likely N-dealkylation sites (tertiary alicyclic amines) is 1. The van der Waals surface area contributed by atoms with Gasteiger partial charge in [0.1, 0.15) is 11.9 Å². The smallest absolute Gasteiger partial charge is 0.325 e. The van der Waals surface area contributed by atoms with E-state index in [1.54, 1.807) is 36.4 Å². The number of carbonyl (C=O) groups excluding carboxylic acids is 3. The summed E-state index contributed by atoms with van der Waals surface area (Å²) in [6, 6.07) is 10.0. The molecular formula is C25H26ClN7O3. The normalized spacial score (nSPS) is 17.8. The lowest BCUT2D eigenvalue weighted by atomic mass is 9.81. The maximum Gasteiger partial charge on any atom is 0.325 e. The standard InChI is InChI=1S/C25H26ClN7O3/c1-3-19(16-6-4-7-17(26)14-16)31-25(36)33-21(23(35)32(2)24-29-9-5-10-30-24)18(22(33)34)12-15-8-11-28-20(27)13-15/h4-11,13-14,18-19,21H,3,12H2,1-2H3,(H2,27,28)(H,31,36)/t18?,19-,21+/m1/s1. The number of nitrogens with one attached hydrogen (secondary N) is 1. The Morgan fingerprint density at radius 2 is 1.89 bits per heavy atom. The van der Waals surface area contributed by atoms with Crippen molar-refractivity contribution in [2.75, 3.05) is 17.7 Å². The quantitative estimate of drug-likeness (QED) is 0.469. The van der Waals surface area contributed by atoms with Gasteiger partial charge in [-0.15, -0.1) is 0 Å². The number of nitrogens with two attached hydrogens (primary N) is 1. The van der Waals surface area contributed by atoms with E-state index in [2.05, 4.69) is 20.3 Å². The molecule has 11 heteroatoms. The molecule has 0 aliphatic carbocycles. The highest BCUT2D eigenvalue weighted by Gasteiger charge is 2.55. The molecule has 1 saturated heterocycles. The summed E-state index contributed by atoms with van der Waals surface area (Å²) in [5, 5.41) is 3.41. The lowest BCUT2D eigenvalue weighted by molar-refractivity contribution is -0.156. The highest BCUT2D eigenvalue weighted by molar-refractivity contribution is 6.30. The van der Waals surface area contributed by atoms with Gasteiger partial charge in [-0.2, -0.15) is 0 Å². The Labute approximate surface area is 213 Å². The van der Waals surface area contributed by atoms with E-state index in [1.807, 2.05) is 13.0 Å². The van der Waals surface area contributed by atoms with Crippen LogP contribution in [0.2, 0.25) is 5.02 Å². The predicted octanol–water partition coefficient (Wildman–Crippen LogP) is 3.00. The summed E-state index contributed by atoms with van der Waals surface area (Å²) in [6.07, 6.45) is 5.34. The number of aromatic nitrogens is 3. The number of benzene rings is 1. The summed E-state index contributed by atoms with van der Waals surface area (Å²) in [6.45, 7) is 1.91. The summed E-state index contributed by atoms with van der Waals surface area (Å²) in [7, 11) is 1.51. The number of pyridine rings is 1. The van der Waals surface area contributed by atoms with Gasteiger partial charge in [-0.3, -0.25) is 19.4 Å². The second-order valence-corrected chi connectivity index (χ2v) is 8.90. The van der Waals surface area contributed by atoms with Crippen LogP contribution in [-0.2, 0) is 16.0 Å². The second-order valence-electron chi connectivity index (χ2n) is 8.46. The van der Waals surface area contributed by atoms with Crippen LogP contribution in [0.5, 0.6) is 0 Å². The molecule has 2 aromatic heterocycles. The number of imide groups is 1. The number of carbonyl (C=O) groups is 3. The SMILES string of the molecule is CC[C@@H](NC(=O)N1C(=O)C(Cc2ccnc(N)c2)[C@H]1C(=O)N(C)c1ncccn1)c1cccc(Cl)c1. The zero-order valence-electron chi connectivity index (χ0n) is 19.8. The van der Waals surface area contributed by atoms with Gasteiger partial charge >= 0.3 is 6.03 Å². The van der Waals surface area contributed by atoms with Crippen molar-refractivity contribution < 1.29 is 14.4 Å². The molecule has 3 atom stereocenters. The Balaban J connectivity index is 1.60. The molecule has 1 aliphatic heterocycles. The van der Waals surface area contributed by atoms with E-state index >= 15 is 0 Å². The number of halogens is 1. The van der Waals surface area contributed by atoms with Gasteiger partial charge in [0, 0.05) is 30.7 Å². The predicted molar refractivity (Wildman–Crippen MR) is 135 cm³/mol. The minimum Gasteiger partial charge on any atom is -0.384 e. The molecule has 3 N–H and O–H groups in total. The summed E-state index contributed by atoms with van der Waals surface area (Å²) in [5.41, 5.74) is 7.32. The van der Waals surface area contributed by atoms with E-state index in [-0.39, 0.29) is 12.4 Å². The molecule has 1 fully saturated rings. The Hall–Kier alpha value is -4.05. The van der Waals surface area contributed by atoms with Crippen molar-refractivity contribution in [2.24, 2.45) is 5.92 Å². The zero-order chi connectivity index (χ0) is 25.8. The number of β-lactam (4-membered cyclic amide) rings is 1. The highest BCUT2D eigenvalue weighted by atomic mass is 35.5. The fourth-order valence-electron chi connectivity index (χ4n) is 4.26. The first-order valence-corrected chi connectivity index (χ1v) is 11.8. The van der Waals surface area contributed by atoms with Crippen molar-refractivity contribution in [2.45, 2.75) is 31.8 Å². The minimum absolute atomic E-state index is 0.166. The highest BCUT2D eigenvalue weighted by Crippen LogP contribution is 2.33. The van der Waals surface area contributed by atoms with Crippen LogP contribution in [-0.4, -0.2) is 50.8 Å². The first kappa shape index (κ1) is 25.1. The first-order valence-electron chi connectivity index (χ1n) is 11.4. The molecule has 0 saturated carbocycles. The van der Waals surface area contributed by atoms with E-state index < -0.39 is 35.8 Å². The number of likely N-dealkylation sites (N-methyl/N-ethyl adjacent to an activating group) is 1. The van der Waals surface area contributed by atoms with Crippen LogP contribution < -0.4 is 16.0 Å². The Morgan fingerprint density at radius 1 is 1.14 bits per heavy atom. The van der Waals surface area contributed by atoms with Gasteiger partial charge in [0.05, 0.1) is 12.0 Å². The van der Waals surface area contributed by atoms with Crippen molar-refractivity contribution in [3.63, 3.8) is 0 Å². The third-order valence-corrected chi connectivity index (χ3v) is 6.36. The van der Waals surface area contributed by atoms with Crippen LogP contribution in [0.3, 0.4) is 0 Å². The molecule has 36 heavy (non-hydrogen) atoms. The van der Waals surface area contributed by atoms with Crippen molar-refractivity contribution in [1.29, 1.82) is 0 Å². The van der Waals surface area contributed by atoms with Gasteiger partial charge in [-0.1, -0.05) is 30.7 Å². The molecule has 0 bridgehead atoms. The van der Waals surface area contributed by atoms with E-state index in [4.69, 9.17) is 17.3 Å². The van der Waals surface area contributed by atoms with Crippen molar-refractivity contribution >= 4 is 41.2 Å². The molecule has 1 unspecified atom stereocenters. The fourth-order valence-corrected chi connectivity index (χ4v) is 4.45. The molecule has 3 aromatic rings. The summed E-state index contributed by atoms with van der Waals surface area (Å²) in [5.74, 6) is -1.22. The van der Waals surface area contributed by atoms with Crippen molar-refractivity contribution in [3.05, 3.63) is 77.2 Å². The number of anilines is 2. The van der Waals surface area contributed by atoms with Crippen LogP contribution >= 0.6 is 11.6 Å². The second kappa shape index (κ2) is 10.7. The molecule has 3 heterocycles. The Bertz CT molecular complexity index is 1270. The maximum absolute atomic E-state index is 13.5. The summed E-state index contributed by atoms with van der Waals surface area (Å²) in [4.78, 5) is 54.5. The van der Waals surface area contributed by atoms with Gasteiger partial charge in [0.15, 0.2) is 0 Å². The molecule has 4 amide bonds. The number of rotatable bonds is 7. The zero-order valence-corrected chi connectivity index (χ0v) is 20.6. The number of urea groups is 1. The minimum atomic E-state index is -1.04. The monoisotopic (exact) mass is 507 g/mol. The van der Waals surface area contributed by atoms with Gasteiger partial charge in [-0.25, -0.2) is 19.7 Å². The van der Waals surface area contributed by atoms with Gasteiger partial charge < -0.3 is 11.1 Å². The van der Waals surface area contributed by atoms with E-state index in [1.165, 1.54) is 30.5 Å². The molecule has 1 aromatic carbocycles. The van der Waals surface area contributed by atoms with Crippen molar-refractivity contribution in [3.8, 4) is 0 Å². The number of hydrogen-bond donors (Lipinski definition) is 2. The van der Waals surface area contributed by atoms with Crippen LogP contribution in [0.4, 0.5) is 16.6 Å².